The second-order valence-electron chi connectivity index (χ2n) is 4.35. The first kappa shape index (κ1) is 16.2. The molecular weight excluding hydrogens is 398 g/mol. The van der Waals surface area contributed by atoms with E-state index in [9.17, 15) is 14.0 Å². The highest BCUT2D eigenvalue weighted by Crippen LogP contribution is 2.18. The number of hydrogen-bond donors (Lipinski definition) is 2. The Hall–Kier alpha value is -2.22. The average molecular weight is 410 g/mol. The van der Waals surface area contributed by atoms with E-state index in [4.69, 9.17) is 0 Å². The molecule has 0 unspecified atom stereocenters. The molecule has 0 spiro atoms. The number of hydrogen-bond acceptors (Lipinski definition) is 2. The van der Waals surface area contributed by atoms with Crippen molar-refractivity contribution in [2.24, 2.45) is 0 Å². The van der Waals surface area contributed by atoms with Crippen LogP contribution in [0.15, 0.2) is 55.1 Å². The van der Waals surface area contributed by atoms with Gasteiger partial charge in [0.15, 0.2) is 0 Å². The summed E-state index contributed by atoms with van der Waals surface area (Å²) in [7, 11) is 0. The maximum Gasteiger partial charge on any atom is 0.255 e. The van der Waals surface area contributed by atoms with Gasteiger partial charge in [-0.25, -0.2) is 4.39 Å². The van der Waals surface area contributed by atoms with Crippen molar-refractivity contribution in [1.29, 1.82) is 0 Å². The molecule has 0 aliphatic rings. The summed E-state index contributed by atoms with van der Waals surface area (Å²) in [6.07, 6.45) is 1.15. The largest absolute Gasteiger partial charge is 0.323 e. The highest BCUT2D eigenvalue weighted by Gasteiger charge is 2.10. The molecule has 0 saturated heterocycles. The minimum atomic E-state index is -0.491. The SMILES string of the molecule is C=CC(=O)Nc1ccc(C(=O)Nc2ccc(I)cc2F)cc1. The van der Waals surface area contributed by atoms with Crippen molar-refractivity contribution in [3.8, 4) is 0 Å². The Bertz CT molecular complexity index is 729. The summed E-state index contributed by atoms with van der Waals surface area (Å²) in [5.74, 6) is -1.25. The molecule has 0 bridgehead atoms. The molecule has 2 rings (SSSR count). The van der Waals surface area contributed by atoms with E-state index in [0.717, 1.165) is 9.65 Å². The van der Waals surface area contributed by atoms with Crippen LogP contribution in [0, 0.1) is 9.39 Å². The van der Waals surface area contributed by atoms with Crippen molar-refractivity contribution in [3.05, 3.63) is 70.1 Å². The van der Waals surface area contributed by atoms with Gasteiger partial charge in [0.1, 0.15) is 5.82 Å². The number of halogens is 2. The Balaban J connectivity index is 2.09. The van der Waals surface area contributed by atoms with Crippen LogP contribution in [0.3, 0.4) is 0 Å². The number of nitrogens with one attached hydrogen (secondary N) is 2. The Labute approximate surface area is 140 Å². The number of benzene rings is 2. The minimum Gasteiger partial charge on any atom is -0.323 e. The first-order valence-corrected chi connectivity index (χ1v) is 7.37. The first-order valence-electron chi connectivity index (χ1n) is 6.29. The molecule has 112 valence electrons. The van der Waals surface area contributed by atoms with Gasteiger partial charge in [0.05, 0.1) is 5.69 Å². The zero-order chi connectivity index (χ0) is 16.1. The molecule has 0 atom stereocenters. The van der Waals surface area contributed by atoms with Gasteiger partial charge in [-0.2, -0.15) is 0 Å². The van der Waals surface area contributed by atoms with Crippen LogP contribution in [-0.2, 0) is 4.79 Å². The molecule has 0 heterocycles. The number of carbonyl (C=O) groups is 2. The second-order valence-corrected chi connectivity index (χ2v) is 5.59. The molecule has 2 aromatic rings. The van der Waals surface area contributed by atoms with Crippen LogP contribution in [0.1, 0.15) is 10.4 Å². The van der Waals surface area contributed by atoms with Gasteiger partial charge in [-0.1, -0.05) is 6.58 Å². The molecule has 2 N–H and O–H groups in total. The lowest BCUT2D eigenvalue weighted by Gasteiger charge is -2.08. The summed E-state index contributed by atoms with van der Waals surface area (Å²) in [6, 6.07) is 10.8. The van der Waals surface area contributed by atoms with Gasteiger partial charge in [0.25, 0.3) is 5.91 Å². The predicted molar refractivity (Wildman–Crippen MR) is 92.3 cm³/mol. The molecule has 22 heavy (non-hydrogen) atoms. The van der Waals surface area contributed by atoms with Gasteiger partial charge in [0.2, 0.25) is 5.91 Å². The maximum absolute atomic E-state index is 13.7. The Morgan fingerprint density at radius 2 is 1.77 bits per heavy atom. The van der Waals surface area contributed by atoms with E-state index in [1.165, 1.54) is 12.1 Å². The summed E-state index contributed by atoms with van der Waals surface area (Å²) in [5, 5.41) is 5.08. The standard InChI is InChI=1S/C16H12FIN2O2/c1-2-15(21)19-12-6-3-10(4-7-12)16(22)20-14-8-5-11(18)9-13(14)17/h2-9H,1H2,(H,19,21)(H,20,22). The monoisotopic (exact) mass is 410 g/mol. The quantitative estimate of drug-likeness (QED) is 0.595. The fraction of sp³-hybridized carbons (Fsp3) is 0. The topological polar surface area (TPSA) is 58.2 Å². The van der Waals surface area contributed by atoms with Crippen molar-refractivity contribution < 1.29 is 14.0 Å². The minimum absolute atomic E-state index is 0.120. The third-order valence-electron chi connectivity index (χ3n) is 2.78. The number of carbonyl (C=O) groups excluding carboxylic acids is 2. The Morgan fingerprint density at radius 1 is 1.09 bits per heavy atom. The average Bonchev–Trinajstić information content (AvgIpc) is 2.50. The van der Waals surface area contributed by atoms with Crippen LogP contribution in [-0.4, -0.2) is 11.8 Å². The van der Waals surface area contributed by atoms with Gasteiger partial charge >= 0.3 is 0 Å². The Kier molecular flexibility index (Phi) is 5.26. The molecule has 0 fully saturated rings. The highest BCUT2D eigenvalue weighted by molar-refractivity contribution is 14.1. The van der Waals surface area contributed by atoms with Crippen molar-refractivity contribution in [2.75, 3.05) is 10.6 Å². The van der Waals surface area contributed by atoms with Crippen molar-refractivity contribution in [3.63, 3.8) is 0 Å². The lowest BCUT2D eigenvalue weighted by atomic mass is 10.2. The summed E-state index contributed by atoms with van der Waals surface area (Å²) in [5.41, 5.74) is 1.02. The fourth-order valence-corrected chi connectivity index (χ4v) is 2.14. The maximum atomic E-state index is 13.7. The molecule has 0 saturated carbocycles. The molecule has 0 radical (unpaired) electrons. The number of anilines is 2. The smallest absolute Gasteiger partial charge is 0.255 e. The van der Waals surface area contributed by atoms with Gasteiger partial charge in [0, 0.05) is 14.8 Å². The summed E-state index contributed by atoms with van der Waals surface area (Å²) < 4.78 is 14.4. The van der Waals surface area contributed by atoms with Crippen molar-refractivity contribution in [1.82, 2.24) is 0 Å². The Morgan fingerprint density at radius 3 is 2.36 bits per heavy atom. The second kappa shape index (κ2) is 7.17. The molecule has 0 aliphatic heterocycles. The van der Waals surface area contributed by atoms with Gasteiger partial charge in [-0.3, -0.25) is 9.59 Å². The number of rotatable bonds is 4. The van der Waals surface area contributed by atoms with E-state index < -0.39 is 11.7 Å². The first-order chi connectivity index (χ1) is 10.5. The van der Waals surface area contributed by atoms with Gasteiger partial charge in [-0.05, 0) is 71.1 Å². The van der Waals surface area contributed by atoms with Crippen LogP contribution in [0.2, 0.25) is 0 Å². The molecule has 2 amide bonds. The lowest BCUT2D eigenvalue weighted by Crippen LogP contribution is -2.13. The third-order valence-corrected chi connectivity index (χ3v) is 3.45. The van der Waals surface area contributed by atoms with E-state index in [0.29, 0.717) is 11.3 Å². The van der Waals surface area contributed by atoms with E-state index in [1.807, 2.05) is 22.6 Å². The summed E-state index contributed by atoms with van der Waals surface area (Å²) >= 11 is 1.99. The predicted octanol–water partition coefficient (Wildman–Crippen LogP) is 3.81. The molecule has 6 heteroatoms. The number of amides is 2. The van der Waals surface area contributed by atoms with Crippen LogP contribution >= 0.6 is 22.6 Å². The molecule has 4 nitrogen and oxygen atoms in total. The fourth-order valence-electron chi connectivity index (χ4n) is 1.68. The summed E-state index contributed by atoms with van der Waals surface area (Å²) in [6.45, 7) is 3.35. The highest BCUT2D eigenvalue weighted by atomic mass is 127. The van der Waals surface area contributed by atoms with E-state index >= 15 is 0 Å². The zero-order valence-corrected chi connectivity index (χ0v) is 13.6. The van der Waals surface area contributed by atoms with Crippen LogP contribution in [0.25, 0.3) is 0 Å². The van der Waals surface area contributed by atoms with E-state index in [-0.39, 0.29) is 11.6 Å². The molecule has 0 aliphatic carbocycles. The summed E-state index contributed by atoms with van der Waals surface area (Å²) in [4.78, 5) is 23.2. The normalized spacial score (nSPS) is 9.91. The van der Waals surface area contributed by atoms with Crippen LogP contribution in [0.5, 0.6) is 0 Å². The third kappa shape index (κ3) is 4.14. The van der Waals surface area contributed by atoms with Crippen molar-refractivity contribution in [2.45, 2.75) is 0 Å². The molecular formula is C16H12FIN2O2. The van der Waals surface area contributed by atoms with Gasteiger partial charge in [-0.15, -0.1) is 0 Å². The molecule has 2 aromatic carbocycles. The zero-order valence-electron chi connectivity index (χ0n) is 11.4. The van der Waals surface area contributed by atoms with Gasteiger partial charge < -0.3 is 10.6 Å². The van der Waals surface area contributed by atoms with E-state index in [2.05, 4.69) is 17.2 Å². The van der Waals surface area contributed by atoms with E-state index in [1.54, 1.807) is 30.3 Å². The lowest BCUT2D eigenvalue weighted by molar-refractivity contribution is -0.111. The van der Waals surface area contributed by atoms with Crippen LogP contribution < -0.4 is 10.6 Å². The van der Waals surface area contributed by atoms with Crippen molar-refractivity contribution >= 4 is 45.8 Å². The molecule has 0 aromatic heterocycles. The van der Waals surface area contributed by atoms with Crippen LogP contribution in [0.4, 0.5) is 15.8 Å².